The molecule has 2 aliphatic rings. The molecule has 1 atom stereocenters. The average Bonchev–Trinajstić information content (AvgIpc) is 3.09. The van der Waals surface area contributed by atoms with Crippen LogP contribution < -0.4 is 5.32 Å². The van der Waals surface area contributed by atoms with E-state index in [4.69, 9.17) is 0 Å². The highest BCUT2D eigenvalue weighted by Crippen LogP contribution is 2.25. The van der Waals surface area contributed by atoms with Crippen molar-refractivity contribution in [3.05, 3.63) is 12.7 Å². The first-order valence-corrected chi connectivity index (χ1v) is 9.64. The number of carbonyl (C=O) groups is 1. The summed E-state index contributed by atoms with van der Waals surface area (Å²) in [4.78, 5) is 18.7. The molecule has 2 heterocycles. The van der Waals surface area contributed by atoms with Gasteiger partial charge in [0, 0.05) is 32.1 Å². The summed E-state index contributed by atoms with van der Waals surface area (Å²) in [6.45, 7) is 4.23. The van der Waals surface area contributed by atoms with E-state index in [-0.39, 0.29) is 5.91 Å². The van der Waals surface area contributed by atoms with Crippen LogP contribution >= 0.6 is 0 Å². The lowest BCUT2D eigenvalue weighted by molar-refractivity contribution is -0.122. The lowest BCUT2D eigenvalue weighted by Gasteiger charge is -2.36. The minimum Gasteiger partial charge on any atom is -0.352 e. The van der Waals surface area contributed by atoms with Crippen molar-refractivity contribution in [2.45, 2.75) is 70.4 Å². The molecule has 0 radical (unpaired) electrons. The van der Waals surface area contributed by atoms with E-state index < -0.39 is 0 Å². The summed E-state index contributed by atoms with van der Waals surface area (Å²) >= 11 is 0. The Bertz CT molecular complexity index is 484. The van der Waals surface area contributed by atoms with E-state index in [1.807, 2.05) is 0 Å². The van der Waals surface area contributed by atoms with Crippen molar-refractivity contribution in [3.63, 3.8) is 0 Å². The maximum absolute atomic E-state index is 12.2. The van der Waals surface area contributed by atoms with Crippen LogP contribution in [0.4, 0.5) is 0 Å². The summed E-state index contributed by atoms with van der Waals surface area (Å²) in [6.07, 6.45) is 14.0. The van der Waals surface area contributed by atoms with E-state index in [0.717, 1.165) is 31.8 Å². The van der Waals surface area contributed by atoms with Gasteiger partial charge in [0.05, 0.1) is 0 Å². The number of nitrogens with one attached hydrogen (secondary N) is 1. The average molecular weight is 333 g/mol. The zero-order chi connectivity index (χ0) is 16.6. The van der Waals surface area contributed by atoms with Gasteiger partial charge in [0.2, 0.25) is 5.91 Å². The van der Waals surface area contributed by atoms with Gasteiger partial charge in [0.15, 0.2) is 0 Å². The summed E-state index contributed by atoms with van der Waals surface area (Å²) in [5, 5.41) is 7.30. The Morgan fingerprint density at radius 3 is 2.83 bits per heavy atom. The number of aromatic nitrogens is 3. The number of carbonyl (C=O) groups excluding carboxylic acids is 1. The molecule has 1 aromatic rings. The lowest BCUT2D eigenvalue weighted by atomic mass is 9.88. The van der Waals surface area contributed by atoms with Crippen LogP contribution in [-0.2, 0) is 11.3 Å². The van der Waals surface area contributed by atoms with Crippen LogP contribution in [0.2, 0.25) is 0 Å². The largest absolute Gasteiger partial charge is 0.352 e. The molecule has 2 fully saturated rings. The van der Waals surface area contributed by atoms with Crippen molar-refractivity contribution >= 4 is 5.91 Å². The Kier molecular flexibility index (Phi) is 6.64. The fourth-order valence-corrected chi connectivity index (χ4v) is 4.12. The Morgan fingerprint density at radius 2 is 2.04 bits per heavy atom. The van der Waals surface area contributed by atoms with Gasteiger partial charge in [0.1, 0.15) is 12.7 Å². The highest BCUT2D eigenvalue weighted by molar-refractivity contribution is 5.76. The monoisotopic (exact) mass is 333 g/mol. The third kappa shape index (κ3) is 5.58. The minimum atomic E-state index is 0.180. The molecule has 1 aliphatic carbocycles. The number of hydrogen-bond donors (Lipinski definition) is 1. The van der Waals surface area contributed by atoms with Crippen LogP contribution in [-0.4, -0.2) is 51.2 Å². The van der Waals surface area contributed by atoms with Gasteiger partial charge >= 0.3 is 0 Å². The maximum atomic E-state index is 12.2. The van der Waals surface area contributed by atoms with Crippen molar-refractivity contribution in [2.24, 2.45) is 5.92 Å². The van der Waals surface area contributed by atoms with Gasteiger partial charge in [-0.2, -0.15) is 5.10 Å². The quantitative estimate of drug-likeness (QED) is 0.831. The molecule has 1 N–H and O–H groups in total. The normalized spacial score (nSPS) is 23.2. The van der Waals surface area contributed by atoms with Crippen molar-refractivity contribution in [2.75, 3.05) is 19.6 Å². The van der Waals surface area contributed by atoms with Crippen molar-refractivity contribution in [1.82, 2.24) is 25.0 Å². The molecule has 24 heavy (non-hydrogen) atoms. The van der Waals surface area contributed by atoms with Gasteiger partial charge in [-0.15, -0.1) is 0 Å². The number of rotatable bonds is 7. The van der Waals surface area contributed by atoms with E-state index >= 15 is 0 Å². The van der Waals surface area contributed by atoms with E-state index in [2.05, 4.69) is 20.3 Å². The molecule has 1 saturated heterocycles. The van der Waals surface area contributed by atoms with Gasteiger partial charge < -0.3 is 10.2 Å². The molecule has 6 nitrogen and oxygen atoms in total. The zero-order valence-electron chi connectivity index (χ0n) is 14.7. The van der Waals surface area contributed by atoms with Crippen LogP contribution in [0.5, 0.6) is 0 Å². The zero-order valence-corrected chi connectivity index (χ0v) is 14.7. The SMILES string of the molecule is O=C(CCCn1cncn1)NC1CCCN(CC2CCCCC2)C1. The second-order valence-electron chi connectivity index (χ2n) is 7.43. The Balaban J connectivity index is 1.34. The molecule has 0 bridgehead atoms. The molecule has 3 rings (SSSR count). The van der Waals surface area contributed by atoms with E-state index in [9.17, 15) is 4.79 Å². The van der Waals surface area contributed by atoms with Crippen molar-refractivity contribution in [1.29, 1.82) is 0 Å². The maximum Gasteiger partial charge on any atom is 0.220 e. The van der Waals surface area contributed by atoms with E-state index in [1.165, 1.54) is 57.9 Å². The Hall–Kier alpha value is -1.43. The number of piperidine rings is 1. The van der Waals surface area contributed by atoms with Gasteiger partial charge in [-0.1, -0.05) is 19.3 Å². The molecule has 1 saturated carbocycles. The van der Waals surface area contributed by atoms with E-state index in [0.29, 0.717) is 12.5 Å². The number of hydrogen-bond acceptors (Lipinski definition) is 4. The second kappa shape index (κ2) is 9.16. The molecular formula is C18H31N5O. The lowest BCUT2D eigenvalue weighted by Crippen LogP contribution is -2.48. The van der Waals surface area contributed by atoms with Crippen molar-refractivity contribution < 1.29 is 4.79 Å². The van der Waals surface area contributed by atoms with Crippen LogP contribution in [0.25, 0.3) is 0 Å². The number of nitrogens with zero attached hydrogens (tertiary/aromatic N) is 4. The first-order valence-electron chi connectivity index (χ1n) is 9.64. The Labute approximate surface area is 145 Å². The highest BCUT2D eigenvalue weighted by atomic mass is 16.1. The molecule has 0 spiro atoms. The topological polar surface area (TPSA) is 63.1 Å². The third-order valence-corrected chi connectivity index (χ3v) is 5.37. The predicted molar refractivity (Wildman–Crippen MR) is 93.4 cm³/mol. The summed E-state index contributed by atoms with van der Waals surface area (Å²) in [5.74, 6) is 1.07. The molecule has 134 valence electrons. The van der Waals surface area contributed by atoms with Crippen LogP contribution in [0, 0.1) is 5.92 Å². The summed E-state index contributed by atoms with van der Waals surface area (Å²) in [5.41, 5.74) is 0. The number of amides is 1. The second-order valence-corrected chi connectivity index (χ2v) is 7.43. The molecular weight excluding hydrogens is 302 g/mol. The van der Waals surface area contributed by atoms with Gasteiger partial charge in [-0.3, -0.25) is 9.48 Å². The fourth-order valence-electron chi connectivity index (χ4n) is 4.12. The summed E-state index contributed by atoms with van der Waals surface area (Å²) in [7, 11) is 0. The van der Waals surface area contributed by atoms with Gasteiger partial charge in [-0.05, 0) is 44.6 Å². The van der Waals surface area contributed by atoms with Gasteiger partial charge in [-0.25, -0.2) is 4.98 Å². The predicted octanol–water partition coefficient (Wildman–Crippen LogP) is 2.22. The van der Waals surface area contributed by atoms with Gasteiger partial charge in [0.25, 0.3) is 0 Å². The molecule has 1 unspecified atom stereocenters. The molecule has 1 amide bonds. The molecule has 1 aliphatic heterocycles. The van der Waals surface area contributed by atoms with E-state index in [1.54, 1.807) is 11.0 Å². The molecule has 6 heteroatoms. The standard InChI is InChI=1S/C18H31N5O/c24-18(9-5-11-23-15-19-14-20-23)21-17-8-4-10-22(13-17)12-16-6-2-1-3-7-16/h14-17H,1-13H2,(H,21,24). The summed E-state index contributed by atoms with van der Waals surface area (Å²) in [6, 6.07) is 0.334. The molecule has 1 aromatic heterocycles. The number of likely N-dealkylation sites (tertiary alicyclic amines) is 1. The van der Waals surface area contributed by atoms with Crippen LogP contribution in [0.3, 0.4) is 0 Å². The first-order chi connectivity index (χ1) is 11.8. The van der Waals surface area contributed by atoms with Crippen LogP contribution in [0.1, 0.15) is 57.8 Å². The van der Waals surface area contributed by atoms with Crippen molar-refractivity contribution in [3.8, 4) is 0 Å². The summed E-state index contributed by atoms with van der Waals surface area (Å²) < 4.78 is 1.78. The minimum absolute atomic E-state index is 0.180. The molecule has 0 aromatic carbocycles. The highest BCUT2D eigenvalue weighted by Gasteiger charge is 2.24. The number of aryl methyl sites for hydroxylation is 1. The smallest absolute Gasteiger partial charge is 0.220 e. The van der Waals surface area contributed by atoms with Crippen LogP contribution in [0.15, 0.2) is 12.7 Å². The first kappa shape index (κ1) is 17.4. The third-order valence-electron chi connectivity index (χ3n) is 5.37. The Morgan fingerprint density at radius 1 is 1.17 bits per heavy atom. The fraction of sp³-hybridized carbons (Fsp3) is 0.833.